The molecule has 0 spiro atoms. The van der Waals surface area contributed by atoms with Gasteiger partial charge in [0.15, 0.2) is 0 Å². The minimum Gasteiger partial charge on any atom is -0.462 e. The number of hydrogen-bond donors (Lipinski definition) is 0. The van der Waals surface area contributed by atoms with Gasteiger partial charge < -0.3 is 18.0 Å². The number of benzene rings is 1. The molecule has 1 aromatic rings. The molecular weight excluding hydrogens is 554 g/mol. The Hall–Kier alpha value is 0.247. The second-order valence-electron chi connectivity index (χ2n) is 4.82. The quantitative estimate of drug-likeness (QED) is 0.168. The number of halogens is 2. The van der Waals surface area contributed by atoms with Crippen LogP contribution in [0.25, 0.3) is 0 Å². The fourth-order valence-electron chi connectivity index (χ4n) is 2.22. The van der Waals surface area contributed by atoms with Gasteiger partial charge in [0.2, 0.25) is 0 Å². The van der Waals surface area contributed by atoms with Gasteiger partial charge in [0, 0.05) is 33.0 Å². The molecule has 0 aliphatic rings. The summed E-state index contributed by atoms with van der Waals surface area (Å²) in [6.45, 7) is 7.75. The number of carbonyl (C=O) groups is 1. The van der Waals surface area contributed by atoms with E-state index in [-0.39, 0.29) is 5.97 Å². The Labute approximate surface area is 172 Å². The van der Waals surface area contributed by atoms with E-state index < -0.39 is 8.80 Å². The van der Waals surface area contributed by atoms with E-state index in [1.54, 1.807) is 0 Å². The van der Waals surface area contributed by atoms with Crippen molar-refractivity contribution in [3.05, 3.63) is 30.9 Å². The van der Waals surface area contributed by atoms with Crippen LogP contribution >= 0.6 is 45.2 Å². The maximum absolute atomic E-state index is 12.3. The van der Waals surface area contributed by atoms with Gasteiger partial charge in [-0.2, -0.15) is 0 Å². The van der Waals surface area contributed by atoms with Gasteiger partial charge in [0.05, 0.1) is 12.2 Å². The SMILES string of the molecule is CCO[Si](CCCOC(=O)c1c(I)cccc1I)(OCC)OCC. The maximum atomic E-state index is 12.3. The molecule has 136 valence electrons. The summed E-state index contributed by atoms with van der Waals surface area (Å²) in [4.78, 5) is 12.3. The van der Waals surface area contributed by atoms with Crippen LogP contribution in [0.2, 0.25) is 6.04 Å². The van der Waals surface area contributed by atoms with Gasteiger partial charge >= 0.3 is 14.8 Å². The third-order valence-electron chi connectivity index (χ3n) is 3.12. The van der Waals surface area contributed by atoms with Crippen LogP contribution in [-0.2, 0) is 18.0 Å². The Morgan fingerprint density at radius 3 is 1.96 bits per heavy atom. The Morgan fingerprint density at radius 1 is 1.00 bits per heavy atom. The standard InChI is InChI=1S/C16H24I2O5Si/c1-4-21-24(22-5-2,23-6-3)12-8-11-20-16(19)15-13(17)9-7-10-14(15)18/h7,9-10H,4-6,8,11-12H2,1-3H3. The van der Waals surface area contributed by atoms with E-state index in [2.05, 4.69) is 45.2 Å². The Kier molecular flexibility index (Phi) is 10.9. The summed E-state index contributed by atoms with van der Waals surface area (Å²) in [7, 11) is -2.66. The van der Waals surface area contributed by atoms with Gasteiger partial charge in [-0.15, -0.1) is 0 Å². The summed E-state index contributed by atoms with van der Waals surface area (Å²) in [5.74, 6) is -0.291. The van der Waals surface area contributed by atoms with Crippen molar-refractivity contribution >= 4 is 60.0 Å². The smallest absolute Gasteiger partial charge is 0.462 e. The third kappa shape index (κ3) is 6.87. The van der Waals surface area contributed by atoms with Crippen LogP contribution in [0.4, 0.5) is 0 Å². The molecular formula is C16H24I2O5Si. The number of carbonyl (C=O) groups excluding carboxylic acids is 1. The second kappa shape index (κ2) is 11.8. The van der Waals surface area contributed by atoms with Crippen molar-refractivity contribution < 1.29 is 22.8 Å². The van der Waals surface area contributed by atoms with E-state index in [9.17, 15) is 4.79 Å². The zero-order valence-electron chi connectivity index (χ0n) is 14.3. The minimum atomic E-state index is -2.66. The predicted octanol–water partition coefficient (Wildman–Crippen LogP) is 4.49. The Balaban J connectivity index is 2.57. The van der Waals surface area contributed by atoms with Gasteiger partial charge in [-0.05, 0) is 84.5 Å². The lowest BCUT2D eigenvalue weighted by atomic mass is 10.2. The van der Waals surface area contributed by atoms with E-state index in [1.807, 2.05) is 39.0 Å². The van der Waals surface area contributed by atoms with Crippen molar-refractivity contribution in [3.8, 4) is 0 Å². The van der Waals surface area contributed by atoms with Crippen LogP contribution in [0.15, 0.2) is 18.2 Å². The highest BCUT2D eigenvalue weighted by molar-refractivity contribution is 14.1. The van der Waals surface area contributed by atoms with Gasteiger partial charge in [0.1, 0.15) is 0 Å². The topological polar surface area (TPSA) is 54.0 Å². The first kappa shape index (κ1) is 22.3. The summed E-state index contributed by atoms with van der Waals surface area (Å²) in [6, 6.07) is 6.36. The zero-order chi connectivity index (χ0) is 18.0. The molecule has 0 N–H and O–H groups in total. The lowest BCUT2D eigenvalue weighted by Crippen LogP contribution is -2.46. The fraction of sp³-hybridized carbons (Fsp3) is 0.562. The van der Waals surface area contributed by atoms with Crippen LogP contribution in [-0.4, -0.2) is 41.2 Å². The zero-order valence-corrected chi connectivity index (χ0v) is 19.6. The Morgan fingerprint density at radius 2 is 1.50 bits per heavy atom. The van der Waals surface area contributed by atoms with Crippen LogP contribution < -0.4 is 0 Å². The van der Waals surface area contributed by atoms with E-state index in [0.717, 1.165) is 7.14 Å². The molecule has 0 saturated heterocycles. The lowest BCUT2D eigenvalue weighted by molar-refractivity contribution is 0.0466. The molecule has 1 aromatic carbocycles. The van der Waals surface area contributed by atoms with Crippen molar-refractivity contribution in [1.82, 2.24) is 0 Å². The molecule has 0 aliphatic heterocycles. The van der Waals surface area contributed by atoms with Crippen molar-refractivity contribution in [2.75, 3.05) is 26.4 Å². The normalized spacial score (nSPS) is 11.5. The van der Waals surface area contributed by atoms with Crippen molar-refractivity contribution in [1.29, 1.82) is 0 Å². The highest BCUT2D eigenvalue weighted by Gasteiger charge is 2.39. The molecule has 0 unspecified atom stereocenters. The van der Waals surface area contributed by atoms with Crippen LogP contribution in [0.1, 0.15) is 37.6 Å². The summed E-state index contributed by atoms with van der Waals surface area (Å²) in [5.41, 5.74) is 0.627. The molecule has 24 heavy (non-hydrogen) atoms. The van der Waals surface area contributed by atoms with E-state index in [1.165, 1.54) is 0 Å². The van der Waals surface area contributed by atoms with Crippen LogP contribution in [0, 0.1) is 7.14 Å². The average molecular weight is 578 g/mol. The molecule has 0 bridgehead atoms. The molecule has 0 aliphatic carbocycles. The van der Waals surface area contributed by atoms with Crippen LogP contribution in [0.3, 0.4) is 0 Å². The monoisotopic (exact) mass is 578 g/mol. The highest BCUT2D eigenvalue weighted by atomic mass is 127. The predicted molar refractivity (Wildman–Crippen MR) is 112 cm³/mol. The molecule has 1 rings (SSSR count). The van der Waals surface area contributed by atoms with Gasteiger partial charge in [0.25, 0.3) is 0 Å². The molecule has 0 fully saturated rings. The molecule has 8 heteroatoms. The van der Waals surface area contributed by atoms with Crippen LogP contribution in [0.5, 0.6) is 0 Å². The van der Waals surface area contributed by atoms with E-state index in [4.69, 9.17) is 18.0 Å². The summed E-state index contributed by atoms with van der Waals surface area (Å²) >= 11 is 4.30. The first-order valence-corrected chi connectivity index (χ1v) is 12.1. The number of ether oxygens (including phenoxy) is 1. The number of hydrogen-bond acceptors (Lipinski definition) is 5. The molecule has 0 aromatic heterocycles. The summed E-state index contributed by atoms with van der Waals surface area (Å²) < 4.78 is 24.6. The average Bonchev–Trinajstić information content (AvgIpc) is 2.52. The highest BCUT2D eigenvalue weighted by Crippen LogP contribution is 2.21. The number of rotatable bonds is 11. The molecule has 0 saturated carbocycles. The van der Waals surface area contributed by atoms with Gasteiger partial charge in [-0.1, -0.05) is 6.07 Å². The molecule has 5 nitrogen and oxygen atoms in total. The third-order valence-corrected chi connectivity index (χ3v) is 8.07. The fourth-order valence-corrected chi connectivity index (χ4v) is 6.75. The molecule has 0 radical (unpaired) electrons. The molecule has 0 amide bonds. The van der Waals surface area contributed by atoms with Crippen molar-refractivity contribution in [2.24, 2.45) is 0 Å². The molecule has 0 heterocycles. The lowest BCUT2D eigenvalue weighted by Gasteiger charge is -2.28. The van der Waals surface area contributed by atoms with Gasteiger partial charge in [-0.25, -0.2) is 4.79 Å². The largest absolute Gasteiger partial charge is 0.501 e. The van der Waals surface area contributed by atoms with Crippen molar-refractivity contribution in [3.63, 3.8) is 0 Å². The summed E-state index contributed by atoms with van der Waals surface area (Å²) in [6.07, 6.45) is 0.651. The second-order valence-corrected chi connectivity index (χ2v) is 9.87. The van der Waals surface area contributed by atoms with E-state index in [0.29, 0.717) is 44.5 Å². The minimum absolute atomic E-state index is 0.291. The first-order valence-electron chi connectivity index (χ1n) is 8.02. The Bertz CT molecular complexity index is 490. The maximum Gasteiger partial charge on any atom is 0.501 e. The summed E-state index contributed by atoms with van der Waals surface area (Å²) in [5, 5.41) is 0. The number of esters is 1. The molecule has 0 atom stereocenters. The van der Waals surface area contributed by atoms with Gasteiger partial charge in [-0.3, -0.25) is 0 Å². The van der Waals surface area contributed by atoms with Crippen molar-refractivity contribution in [2.45, 2.75) is 33.2 Å². The van der Waals surface area contributed by atoms with E-state index >= 15 is 0 Å². The first-order chi connectivity index (χ1) is 11.5.